The molecular weight excluding hydrogens is 158 g/mol. The fraction of sp³-hybridized carbons (Fsp3) is 1.00. The molecule has 0 saturated carbocycles. The molecule has 1 aliphatic heterocycles. The Morgan fingerprint density at radius 1 is 1.33 bits per heavy atom. The Bertz CT molecular complexity index is 151. The van der Waals surface area contributed by atoms with Crippen LogP contribution >= 0.6 is 0 Å². The second kappa shape index (κ2) is 3.70. The Kier molecular flexibility index (Phi) is 3.06. The first-order chi connectivity index (χ1) is 5.52. The van der Waals surface area contributed by atoms with Gasteiger partial charge in [-0.1, -0.05) is 0 Å². The average molecular weight is 175 g/mol. The van der Waals surface area contributed by atoms with E-state index in [1.165, 1.54) is 0 Å². The molecule has 0 amide bonds. The van der Waals surface area contributed by atoms with E-state index in [4.69, 9.17) is 4.74 Å². The molecule has 0 bridgehead atoms. The van der Waals surface area contributed by atoms with Crippen molar-refractivity contribution in [3.8, 4) is 0 Å². The quantitative estimate of drug-likeness (QED) is 0.559. The molecule has 2 N–H and O–H groups in total. The van der Waals surface area contributed by atoms with Gasteiger partial charge in [0.15, 0.2) is 6.29 Å². The van der Waals surface area contributed by atoms with E-state index in [9.17, 15) is 10.2 Å². The third-order valence-electron chi connectivity index (χ3n) is 2.35. The molecule has 4 nitrogen and oxygen atoms in total. The molecule has 0 spiro atoms. The van der Waals surface area contributed by atoms with Crippen LogP contribution in [0.3, 0.4) is 0 Å². The lowest BCUT2D eigenvalue weighted by Gasteiger charge is -2.39. The van der Waals surface area contributed by atoms with Crippen molar-refractivity contribution in [2.75, 3.05) is 14.1 Å². The van der Waals surface area contributed by atoms with Crippen LogP contribution in [-0.2, 0) is 4.74 Å². The van der Waals surface area contributed by atoms with E-state index in [2.05, 4.69) is 0 Å². The maximum atomic E-state index is 9.65. The van der Waals surface area contributed by atoms with Crippen LogP contribution in [0.15, 0.2) is 0 Å². The monoisotopic (exact) mass is 175 g/mol. The van der Waals surface area contributed by atoms with Crippen LogP contribution in [0.2, 0.25) is 0 Å². The van der Waals surface area contributed by atoms with Crippen LogP contribution in [0.5, 0.6) is 0 Å². The summed E-state index contributed by atoms with van der Waals surface area (Å²) in [4.78, 5) is 1.91. The molecular formula is C8H17NO3. The van der Waals surface area contributed by atoms with Crippen molar-refractivity contribution in [2.24, 2.45) is 0 Å². The van der Waals surface area contributed by atoms with Crippen molar-refractivity contribution in [2.45, 2.75) is 37.9 Å². The number of aliphatic hydroxyl groups is 2. The van der Waals surface area contributed by atoms with Crippen molar-refractivity contribution >= 4 is 0 Å². The van der Waals surface area contributed by atoms with Gasteiger partial charge < -0.3 is 19.8 Å². The van der Waals surface area contributed by atoms with Gasteiger partial charge >= 0.3 is 0 Å². The number of likely N-dealkylation sites (N-methyl/N-ethyl adjacent to an activating group) is 1. The van der Waals surface area contributed by atoms with Crippen molar-refractivity contribution in [3.05, 3.63) is 0 Å². The van der Waals surface area contributed by atoms with Gasteiger partial charge in [0.25, 0.3) is 0 Å². The van der Waals surface area contributed by atoms with Crippen LogP contribution < -0.4 is 0 Å². The molecule has 1 fully saturated rings. The van der Waals surface area contributed by atoms with E-state index in [1.54, 1.807) is 6.92 Å². The Balaban J connectivity index is 2.60. The van der Waals surface area contributed by atoms with Gasteiger partial charge in [-0.05, 0) is 21.0 Å². The molecule has 1 heterocycles. The van der Waals surface area contributed by atoms with Gasteiger partial charge in [-0.3, -0.25) is 0 Å². The smallest absolute Gasteiger partial charge is 0.156 e. The maximum absolute atomic E-state index is 9.65. The van der Waals surface area contributed by atoms with Gasteiger partial charge in [0, 0.05) is 12.5 Å². The number of rotatable bonds is 1. The van der Waals surface area contributed by atoms with Gasteiger partial charge in [0.1, 0.15) is 0 Å². The van der Waals surface area contributed by atoms with E-state index in [1.807, 2.05) is 19.0 Å². The summed E-state index contributed by atoms with van der Waals surface area (Å²) >= 11 is 0. The molecule has 0 radical (unpaired) electrons. The number of hydrogen-bond donors (Lipinski definition) is 2. The zero-order valence-electron chi connectivity index (χ0n) is 7.77. The Morgan fingerprint density at radius 2 is 1.92 bits per heavy atom. The minimum absolute atomic E-state index is 0.0104. The number of nitrogens with zero attached hydrogens (tertiary/aromatic N) is 1. The highest BCUT2D eigenvalue weighted by Gasteiger charge is 2.35. The van der Waals surface area contributed by atoms with Crippen molar-refractivity contribution < 1.29 is 14.9 Å². The molecule has 1 aliphatic rings. The summed E-state index contributed by atoms with van der Waals surface area (Å²) < 4.78 is 5.06. The van der Waals surface area contributed by atoms with Gasteiger partial charge in [-0.2, -0.15) is 0 Å². The van der Waals surface area contributed by atoms with Crippen LogP contribution in [-0.4, -0.2) is 53.7 Å². The minimum atomic E-state index is -0.740. The molecule has 0 aromatic rings. The van der Waals surface area contributed by atoms with E-state index in [0.29, 0.717) is 6.42 Å². The van der Waals surface area contributed by atoms with Crippen LogP contribution in [0.1, 0.15) is 13.3 Å². The van der Waals surface area contributed by atoms with Crippen molar-refractivity contribution in [1.82, 2.24) is 4.90 Å². The third kappa shape index (κ3) is 1.95. The summed E-state index contributed by atoms with van der Waals surface area (Å²) in [6, 6.07) is -0.0104. The zero-order valence-corrected chi connectivity index (χ0v) is 7.77. The summed E-state index contributed by atoms with van der Waals surface area (Å²) in [7, 11) is 3.78. The van der Waals surface area contributed by atoms with Crippen molar-refractivity contribution in [3.63, 3.8) is 0 Å². The topological polar surface area (TPSA) is 52.9 Å². The van der Waals surface area contributed by atoms with Gasteiger partial charge in [0.05, 0.1) is 12.2 Å². The van der Waals surface area contributed by atoms with Crippen molar-refractivity contribution in [1.29, 1.82) is 0 Å². The highest BCUT2D eigenvalue weighted by molar-refractivity contribution is 4.85. The van der Waals surface area contributed by atoms with E-state index in [-0.39, 0.29) is 12.1 Å². The molecule has 0 aromatic carbocycles. The standard InChI is InChI=1S/C8H17NO3/c1-5-8(11)6(9(2)3)4-7(10)12-5/h5-8,10-11H,4H2,1-3H3. The van der Waals surface area contributed by atoms with Gasteiger partial charge in [-0.15, -0.1) is 0 Å². The number of ether oxygens (including phenoxy) is 1. The fourth-order valence-electron chi connectivity index (χ4n) is 1.56. The Labute approximate surface area is 72.7 Å². The van der Waals surface area contributed by atoms with Crippen LogP contribution in [0.4, 0.5) is 0 Å². The summed E-state index contributed by atoms with van der Waals surface area (Å²) in [6.07, 6.45) is -1.07. The molecule has 4 heteroatoms. The molecule has 4 atom stereocenters. The zero-order chi connectivity index (χ0) is 9.30. The van der Waals surface area contributed by atoms with Crippen LogP contribution in [0.25, 0.3) is 0 Å². The molecule has 1 saturated heterocycles. The summed E-state index contributed by atoms with van der Waals surface area (Å²) in [5, 5.41) is 18.9. The number of hydrogen-bond acceptors (Lipinski definition) is 4. The number of aliphatic hydroxyl groups excluding tert-OH is 2. The minimum Gasteiger partial charge on any atom is -0.389 e. The molecule has 0 aliphatic carbocycles. The predicted molar refractivity (Wildman–Crippen MR) is 44.7 cm³/mol. The highest BCUT2D eigenvalue weighted by atomic mass is 16.6. The molecule has 72 valence electrons. The third-order valence-corrected chi connectivity index (χ3v) is 2.35. The highest BCUT2D eigenvalue weighted by Crippen LogP contribution is 2.21. The summed E-state index contributed by atoms with van der Waals surface area (Å²) in [5.74, 6) is 0. The second-order valence-electron chi connectivity index (χ2n) is 3.55. The normalized spacial score (nSPS) is 43.5. The second-order valence-corrected chi connectivity index (χ2v) is 3.55. The largest absolute Gasteiger partial charge is 0.389 e. The molecule has 4 unspecified atom stereocenters. The van der Waals surface area contributed by atoms with Crippen LogP contribution in [0, 0.1) is 0 Å². The van der Waals surface area contributed by atoms with Gasteiger partial charge in [0.2, 0.25) is 0 Å². The summed E-state index contributed by atoms with van der Waals surface area (Å²) in [6.45, 7) is 1.77. The SMILES string of the molecule is CC1OC(O)CC(N(C)C)C1O. The lowest BCUT2D eigenvalue weighted by atomic mass is 9.99. The first-order valence-corrected chi connectivity index (χ1v) is 4.20. The summed E-state index contributed by atoms with van der Waals surface area (Å²) in [5.41, 5.74) is 0. The van der Waals surface area contributed by atoms with Gasteiger partial charge in [-0.25, -0.2) is 0 Å². The lowest BCUT2D eigenvalue weighted by molar-refractivity contribution is -0.212. The Hall–Kier alpha value is -0.160. The van der Waals surface area contributed by atoms with E-state index >= 15 is 0 Å². The average Bonchev–Trinajstić information content (AvgIpc) is 1.96. The first-order valence-electron chi connectivity index (χ1n) is 4.20. The predicted octanol–water partition coefficient (Wildman–Crippen LogP) is -0.595. The Morgan fingerprint density at radius 3 is 2.42 bits per heavy atom. The maximum Gasteiger partial charge on any atom is 0.156 e. The van der Waals surface area contributed by atoms with E-state index in [0.717, 1.165) is 0 Å². The van der Waals surface area contributed by atoms with E-state index < -0.39 is 12.4 Å². The lowest BCUT2D eigenvalue weighted by Crippen LogP contribution is -2.52. The molecule has 12 heavy (non-hydrogen) atoms. The fourth-order valence-corrected chi connectivity index (χ4v) is 1.56. The molecule has 0 aromatic heterocycles. The first kappa shape index (κ1) is 9.92. The molecule has 1 rings (SSSR count).